The molecule has 1 N–H and O–H groups in total. The summed E-state index contributed by atoms with van der Waals surface area (Å²) in [6.07, 6.45) is 4.41. The number of aromatic nitrogens is 1. The smallest absolute Gasteiger partial charge is 0.0705 e. The van der Waals surface area contributed by atoms with Crippen molar-refractivity contribution < 1.29 is 5.11 Å². The van der Waals surface area contributed by atoms with Crippen LogP contribution in [0.4, 0.5) is 0 Å². The molecule has 0 amide bonds. The van der Waals surface area contributed by atoms with Gasteiger partial charge in [-0.15, -0.1) is 0 Å². The standard InChI is InChI=1S/C15H18N2O/c18-10-9-17(13-5-6-13)11-12-7-8-16-15-4-2-1-3-14(12)15/h1-4,7-8,13,18H,5-6,9-11H2. The molecule has 1 aromatic carbocycles. The van der Waals surface area contributed by atoms with E-state index in [4.69, 9.17) is 5.11 Å². The molecule has 0 aliphatic heterocycles. The Kier molecular flexibility index (Phi) is 3.26. The summed E-state index contributed by atoms with van der Waals surface area (Å²) >= 11 is 0. The number of aliphatic hydroxyl groups excluding tert-OH is 1. The summed E-state index contributed by atoms with van der Waals surface area (Å²) in [4.78, 5) is 6.76. The van der Waals surface area contributed by atoms with Gasteiger partial charge in [0.25, 0.3) is 0 Å². The fraction of sp³-hybridized carbons (Fsp3) is 0.400. The maximum Gasteiger partial charge on any atom is 0.0705 e. The van der Waals surface area contributed by atoms with Crippen LogP contribution in [-0.2, 0) is 6.54 Å². The lowest BCUT2D eigenvalue weighted by Gasteiger charge is -2.21. The lowest BCUT2D eigenvalue weighted by atomic mass is 10.1. The molecule has 0 radical (unpaired) electrons. The van der Waals surface area contributed by atoms with E-state index in [-0.39, 0.29) is 6.61 Å². The highest BCUT2D eigenvalue weighted by Crippen LogP contribution is 2.29. The molecule has 1 aliphatic carbocycles. The Morgan fingerprint density at radius 2 is 2.06 bits per heavy atom. The monoisotopic (exact) mass is 242 g/mol. The molecule has 94 valence electrons. The van der Waals surface area contributed by atoms with E-state index in [2.05, 4.69) is 28.1 Å². The molecule has 0 unspecified atom stereocenters. The predicted octanol–water partition coefficient (Wildman–Crippen LogP) is 2.19. The number of pyridine rings is 1. The van der Waals surface area contributed by atoms with Gasteiger partial charge in [-0.3, -0.25) is 9.88 Å². The molecule has 1 aliphatic rings. The van der Waals surface area contributed by atoms with Crippen molar-refractivity contribution in [3.63, 3.8) is 0 Å². The second kappa shape index (κ2) is 5.04. The first kappa shape index (κ1) is 11.6. The molecule has 0 saturated heterocycles. The van der Waals surface area contributed by atoms with Crippen molar-refractivity contribution in [2.75, 3.05) is 13.2 Å². The van der Waals surface area contributed by atoms with Crippen LogP contribution < -0.4 is 0 Å². The third kappa shape index (κ3) is 2.37. The summed E-state index contributed by atoms with van der Waals surface area (Å²) in [5.41, 5.74) is 2.36. The average Bonchev–Trinajstić information content (AvgIpc) is 3.23. The molecular weight excluding hydrogens is 224 g/mol. The normalized spacial score (nSPS) is 15.4. The van der Waals surface area contributed by atoms with Gasteiger partial charge in [0.05, 0.1) is 12.1 Å². The minimum atomic E-state index is 0.236. The lowest BCUT2D eigenvalue weighted by Crippen LogP contribution is -2.28. The molecular formula is C15H18N2O. The zero-order valence-electron chi connectivity index (χ0n) is 10.4. The van der Waals surface area contributed by atoms with Crippen LogP contribution in [0.25, 0.3) is 10.9 Å². The molecule has 1 fully saturated rings. The van der Waals surface area contributed by atoms with Crippen LogP contribution in [0.3, 0.4) is 0 Å². The van der Waals surface area contributed by atoms with Gasteiger partial charge in [0, 0.05) is 30.7 Å². The maximum absolute atomic E-state index is 9.15. The number of fused-ring (bicyclic) bond motifs is 1. The summed E-state index contributed by atoms with van der Waals surface area (Å²) in [7, 11) is 0. The molecule has 1 heterocycles. The number of aliphatic hydroxyl groups is 1. The van der Waals surface area contributed by atoms with E-state index in [0.29, 0.717) is 6.04 Å². The molecule has 0 spiro atoms. The molecule has 3 rings (SSSR count). The van der Waals surface area contributed by atoms with Crippen LogP contribution in [-0.4, -0.2) is 34.2 Å². The molecule has 0 bridgehead atoms. The number of hydrogen-bond donors (Lipinski definition) is 1. The summed E-state index contributed by atoms with van der Waals surface area (Å²) < 4.78 is 0. The SMILES string of the molecule is OCCN(Cc1ccnc2ccccc12)C1CC1. The molecule has 2 aromatic rings. The summed E-state index contributed by atoms with van der Waals surface area (Å²) in [6, 6.07) is 11.0. The Bertz CT molecular complexity index is 532. The molecule has 18 heavy (non-hydrogen) atoms. The number of nitrogens with zero attached hydrogens (tertiary/aromatic N) is 2. The van der Waals surface area contributed by atoms with E-state index >= 15 is 0 Å². The Morgan fingerprint density at radius 3 is 2.83 bits per heavy atom. The van der Waals surface area contributed by atoms with Crippen molar-refractivity contribution in [2.45, 2.75) is 25.4 Å². The highest BCUT2D eigenvalue weighted by Gasteiger charge is 2.28. The first-order valence-electron chi connectivity index (χ1n) is 6.56. The Hall–Kier alpha value is -1.45. The van der Waals surface area contributed by atoms with E-state index in [0.717, 1.165) is 18.6 Å². The van der Waals surface area contributed by atoms with Crippen molar-refractivity contribution in [1.29, 1.82) is 0 Å². The molecule has 1 aromatic heterocycles. The van der Waals surface area contributed by atoms with Crippen molar-refractivity contribution in [2.24, 2.45) is 0 Å². The quantitative estimate of drug-likeness (QED) is 0.873. The number of hydrogen-bond acceptors (Lipinski definition) is 3. The largest absolute Gasteiger partial charge is 0.395 e. The van der Waals surface area contributed by atoms with E-state index < -0.39 is 0 Å². The van der Waals surface area contributed by atoms with Crippen LogP contribution in [0.5, 0.6) is 0 Å². The molecule has 3 nitrogen and oxygen atoms in total. The van der Waals surface area contributed by atoms with E-state index in [1.54, 1.807) is 0 Å². The lowest BCUT2D eigenvalue weighted by molar-refractivity contribution is 0.184. The van der Waals surface area contributed by atoms with E-state index in [1.165, 1.54) is 23.8 Å². The Balaban J connectivity index is 1.88. The minimum absolute atomic E-state index is 0.236. The third-order valence-corrected chi connectivity index (χ3v) is 3.56. The fourth-order valence-electron chi connectivity index (χ4n) is 2.47. The highest BCUT2D eigenvalue weighted by molar-refractivity contribution is 5.81. The van der Waals surface area contributed by atoms with Gasteiger partial charge in [0.15, 0.2) is 0 Å². The summed E-state index contributed by atoms with van der Waals surface area (Å²) in [6.45, 7) is 1.91. The highest BCUT2D eigenvalue weighted by atomic mass is 16.3. The second-order valence-electron chi connectivity index (χ2n) is 4.91. The van der Waals surface area contributed by atoms with Gasteiger partial charge in [-0.25, -0.2) is 0 Å². The van der Waals surface area contributed by atoms with Crippen LogP contribution in [0, 0.1) is 0 Å². The summed E-state index contributed by atoms with van der Waals surface area (Å²) in [5.74, 6) is 0. The Morgan fingerprint density at radius 1 is 1.22 bits per heavy atom. The zero-order chi connectivity index (χ0) is 12.4. The first-order valence-corrected chi connectivity index (χ1v) is 6.56. The predicted molar refractivity (Wildman–Crippen MR) is 72.3 cm³/mol. The summed E-state index contributed by atoms with van der Waals surface area (Å²) in [5, 5.41) is 10.4. The van der Waals surface area contributed by atoms with Crippen LogP contribution in [0.1, 0.15) is 18.4 Å². The second-order valence-corrected chi connectivity index (χ2v) is 4.91. The average molecular weight is 242 g/mol. The van der Waals surface area contributed by atoms with Crippen molar-refractivity contribution in [3.05, 3.63) is 42.1 Å². The van der Waals surface area contributed by atoms with Crippen LogP contribution in [0.15, 0.2) is 36.5 Å². The van der Waals surface area contributed by atoms with E-state index in [9.17, 15) is 0 Å². The van der Waals surface area contributed by atoms with Gasteiger partial charge in [-0.2, -0.15) is 0 Å². The van der Waals surface area contributed by atoms with Gasteiger partial charge in [-0.1, -0.05) is 18.2 Å². The number of rotatable bonds is 5. The topological polar surface area (TPSA) is 36.4 Å². The van der Waals surface area contributed by atoms with Gasteiger partial charge in [0.1, 0.15) is 0 Å². The fourth-order valence-corrected chi connectivity index (χ4v) is 2.47. The minimum Gasteiger partial charge on any atom is -0.395 e. The van der Waals surface area contributed by atoms with E-state index in [1.807, 2.05) is 18.3 Å². The first-order chi connectivity index (χ1) is 8.88. The Labute approximate surface area is 107 Å². The number of para-hydroxylation sites is 1. The third-order valence-electron chi connectivity index (χ3n) is 3.56. The molecule has 3 heteroatoms. The van der Waals surface area contributed by atoms with Gasteiger partial charge in [0.2, 0.25) is 0 Å². The van der Waals surface area contributed by atoms with Gasteiger partial charge < -0.3 is 5.11 Å². The van der Waals surface area contributed by atoms with Crippen LogP contribution in [0.2, 0.25) is 0 Å². The van der Waals surface area contributed by atoms with Gasteiger partial charge >= 0.3 is 0 Å². The number of benzene rings is 1. The zero-order valence-corrected chi connectivity index (χ0v) is 10.4. The maximum atomic E-state index is 9.15. The van der Waals surface area contributed by atoms with Crippen molar-refractivity contribution in [1.82, 2.24) is 9.88 Å². The molecule has 0 atom stereocenters. The van der Waals surface area contributed by atoms with Crippen molar-refractivity contribution in [3.8, 4) is 0 Å². The van der Waals surface area contributed by atoms with Crippen LogP contribution >= 0.6 is 0 Å². The van der Waals surface area contributed by atoms with Gasteiger partial charge in [-0.05, 0) is 30.5 Å². The molecule has 1 saturated carbocycles. The van der Waals surface area contributed by atoms with Crippen molar-refractivity contribution >= 4 is 10.9 Å².